The second-order valence-electron chi connectivity index (χ2n) is 9.47. The molecule has 4 nitrogen and oxygen atoms in total. The Morgan fingerprint density at radius 3 is 1.53 bits per heavy atom. The molecule has 2 aromatic carbocycles. The Balaban J connectivity index is 0.000000135. The first-order valence-corrected chi connectivity index (χ1v) is 12.2. The van der Waals surface area contributed by atoms with Crippen molar-refractivity contribution in [3.05, 3.63) is 68.8 Å². The van der Waals surface area contributed by atoms with Crippen LogP contribution >= 0.6 is 0 Å². The summed E-state index contributed by atoms with van der Waals surface area (Å²) in [7, 11) is 0. The van der Waals surface area contributed by atoms with Crippen molar-refractivity contribution in [2.24, 2.45) is 9.98 Å². The Bertz CT molecular complexity index is 945. The van der Waals surface area contributed by atoms with Crippen LogP contribution in [0.25, 0.3) is 0 Å². The zero-order valence-electron chi connectivity index (χ0n) is 19.4. The van der Waals surface area contributed by atoms with Crippen LogP contribution in [0.2, 0.25) is 0 Å². The second kappa shape index (κ2) is 9.68. The molecule has 2 atom stereocenters. The average molecular weight is 431 g/mol. The van der Waals surface area contributed by atoms with Gasteiger partial charge in [0.2, 0.25) is 0 Å². The monoisotopic (exact) mass is 430 g/mol. The van der Waals surface area contributed by atoms with E-state index >= 15 is 0 Å². The van der Waals surface area contributed by atoms with Gasteiger partial charge in [-0.05, 0) is 109 Å². The Kier molecular flexibility index (Phi) is 6.52. The number of fused-ring (bicyclic) bond motifs is 2. The van der Waals surface area contributed by atoms with Crippen molar-refractivity contribution < 1.29 is 9.47 Å². The average Bonchev–Trinajstić information content (AvgIpc) is 3.48. The second-order valence-corrected chi connectivity index (χ2v) is 9.47. The van der Waals surface area contributed by atoms with Gasteiger partial charge in [0.1, 0.15) is 0 Å². The van der Waals surface area contributed by atoms with Crippen molar-refractivity contribution in [1.29, 1.82) is 0 Å². The number of aryl methyl sites for hydroxylation is 2. The minimum Gasteiger partial charge on any atom is -0.374 e. The summed E-state index contributed by atoms with van der Waals surface area (Å²) in [6.07, 6.45) is 11.9. The summed E-state index contributed by atoms with van der Waals surface area (Å²) in [5.41, 5.74) is 10.7. The number of hydrogen-bond acceptors (Lipinski definition) is 4. The molecular formula is C28H34N2O2. The highest BCUT2D eigenvalue weighted by atomic mass is 16.5. The van der Waals surface area contributed by atoms with E-state index in [2.05, 4.69) is 48.1 Å². The normalized spacial score (nSPS) is 23.4. The van der Waals surface area contributed by atoms with Crippen molar-refractivity contribution >= 4 is 12.4 Å². The van der Waals surface area contributed by atoms with Crippen LogP contribution in [0.3, 0.4) is 0 Å². The number of ether oxygens (including phenoxy) is 2. The van der Waals surface area contributed by atoms with Crippen molar-refractivity contribution in [2.75, 3.05) is 13.2 Å². The summed E-state index contributed by atoms with van der Waals surface area (Å²) in [5.74, 6) is 0. The maximum absolute atomic E-state index is 5.86. The third-order valence-electron chi connectivity index (χ3n) is 7.09. The largest absolute Gasteiger partial charge is 0.374 e. The molecule has 0 aromatic heterocycles. The van der Waals surface area contributed by atoms with Crippen LogP contribution in [-0.4, -0.2) is 25.6 Å². The summed E-state index contributed by atoms with van der Waals surface area (Å²) in [5, 5.41) is 0. The summed E-state index contributed by atoms with van der Waals surface area (Å²) < 4.78 is 11.7. The van der Waals surface area contributed by atoms with Crippen molar-refractivity contribution in [2.45, 2.75) is 77.7 Å². The fourth-order valence-electron chi connectivity index (χ4n) is 5.25. The first kappa shape index (κ1) is 21.5. The van der Waals surface area contributed by atoms with Gasteiger partial charge >= 0.3 is 0 Å². The molecule has 0 amide bonds. The van der Waals surface area contributed by atoms with Gasteiger partial charge in [0, 0.05) is 25.6 Å². The number of nitrogens with zero attached hydrogens (tertiary/aromatic N) is 2. The minimum absolute atomic E-state index is 0.319. The van der Waals surface area contributed by atoms with E-state index in [9.17, 15) is 0 Å². The third kappa shape index (κ3) is 4.57. The molecular weight excluding hydrogens is 396 g/mol. The van der Waals surface area contributed by atoms with Gasteiger partial charge in [-0.3, -0.25) is 9.98 Å². The van der Waals surface area contributed by atoms with Crippen LogP contribution in [0.4, 0.5) is 0 Å². The maximum atomic E-state index is 5.86. The maximum Gasteiger partial charge on any atom is 0.0827 e. The molecule has 0 saturated carbocycles. The van der Waals surface area contributed by atoms with E-state index in [0.717, 1.165) is 26.3 Å². The quantitative estimate of drug-likeness (QED) is 0.558. The van der Waals surface area contributed by atoms with Crippen LogP contribution < -0.4 is 0 Å². The van der Waals surface area contributed by atoms with Crippen molar-refractivity contribution in [1.82, 2.24) is 0 Å². The number of aliphatic imine (C=N–C) groups is 2. The van der Waals surface area contributed by atoms with Gasteiger partial charge in [0.15, 0.2) is 0 Å². The van der Waals surface area contributed by atoms with Crippen molar-refractivity contribution in [3.8, 4) is 0 Å². The molecule has 4 heteroatoms. The van der Waals surface area contributed by atoms with E-state index in [1.165, 1.54) is 83.0 Å². The molecule has 4 aliphatic heterocycles. The molecule has 2 saturated heterocycles. The van der Waals surface area contributed by atoms with Crippen LogP contribution in [0.5, 0.6) is 0 Å². The molecule has 2 aromatic rings. The van der Waals surface area contributed by atoms with Crippen LogP contribution in [0.15, 0.2) is 34.3 Å². The molecule has 2 fully saturated rings. The Morgan fingerprint density at radius 1 is 0.656 bits per heavy atom. The van der Waals surface area contributed by atoms with E-state index < -0.39 is 0 Å². The highest BCUT2D eigenvalue weighted by Gasteiger charge is 2.21. The first-order chi connectivity index (χ1) is 15.7. The molecule has 4 aliphatic rings. The molecule has 0 bridgehead atoms. The molecule has 0 N–H and O–H groups in total. The predicted molar refractivity (Wildman–Crippen MR) is 130 cm³/mol. The zero-order valence-corrected chi connectivity index (χ0v) is 19.4. The molecule has 6 rings (SSSR count). The van der Waals surface area contributed by atoms with Gasteiger partial charge in [0.05, 0.1) is 25.3 Å². The topological polar surface area (TPSA) is 43.2 Å². The molecule has 0 spiro atoms. The fourth-order valence-corrected chi connectivity index (χ4v) is 5.25. The molecule has 2 unspecified atom stereocenters. The number of hydrogen-bond donors (Lipinski definition) is 0. The van der Waals surface area contributed by atoms with E-state index in [1.807, 2.05) is 12.4 Å². The van der Waals surface area contributed by atoms with E-state index in [-0.39, 0.29) is 0 Å². The van der Waals surface area contributed by atoms with Crippen LogP contribution in [0.1, 0.15) is 95.2 Å². The number of rotatable bonds is 2. The zero-order chi connectivity index (χ0) is 21.9. The molecule has 0 aliphatic carbocycles. The van der Waals surface area contributed by atoms with Gasteiger partial charge < -0.3 is 9.47 Å². The van der Waals surface area contributed by atoms with E-state index in [4.69, 9.17) is 9.47 Å². The lowest BCUT2D eigenvalue weighted by Crippen LogP contribution is -2.13. The first-order valence-electron chi connectivity index (χ1n) is 12.2. The van der Waals surface area contributed by atoms with E-state index in [0.29, 0.717) is 12.2 Å². The van der Waals surface area contributed by atoms with Crippen LogP contribution in [-0.2, 0) is 22.6 Å². The molecule has 32 heavy (non-hydrogen) atoms. The standard InChI is InChI=1S/2C14H17NO/c2*1-10-6-11-8-15-9-12(11)7-13(10)14-4-2-3-5-16-14/h2*6-8,14H,2-5,9H2,1H3. The smallest absolute Gasteiger partial charge is 0.0827 e. The van der Waals surface area contributed by atoms with Crippen molar-refractivity contribution in [3.63, 3.8) is 0 Å². The van der Waals surface area contributed by atoms with Gasteiger partial charge in [-0.25, -0.2) is 0 Å². The minimum atomic E-state index is 0.319. The highest BCUT2D eigenvalue weighted by molar-refractivity contribution is 5.85. The predicted octanol–water partition coefficient (Wildman–Crippen LogP) is 6.34. The summed E-state index contributed by atoms with van der Waals surface area (Å²) in [4.78, 5) is 8.63. The van der Waals surface area contributed by atoms with Gasteiger partial charge in [-0.2, -0.15) is 0 Å². The lowest BCUT2D eigenvalue weighted by Gasteiger charge is -2.25. The summed E-state index contributed by atoms with van der Waals surface area (Å²) in [6, 6.07) is 9.10. The van der Waals surface area contributed by atoms with Gasteiger partial charge in [0.25, 0.3) is 0 Å². The summed E-state index contributed by atoms with van der Waals surface area (Å²) >= 11 is 0. The lowest BCUT2D eigenvalue weighted by molar-refractivity contribution is 0.0144. The third-order valence-corrected chi connectivity index (χ3v) is 7.09. The fraction of sp³-hybridized carbons (Fsp3) is 0.500. The molecule has 0 radical (unpaired) electrons. The van der Waals surface area contributed by atoms with Gasteiger partial charge in [-0.1, -0.05) is 12.1 Å². The van der Waals surface area contributed by atoms with Crippen LogP contribution in [0, 0.1) is 13.8 Å². The number of benzene rings is 2. The van der Waals surface area contributed by atoms with E-state index in [1.54, 1.807) is 0 Å². The summed E-state index contributed by atoms with van der Waals surface area (Å²) in [6.45, 7) is 7.87. The lowest BCUT2D eigenvalue weighted by atomic mass is 9.93. The Hall–Kier alpha value is -2.30. The SMILES string of the molecule is Cc1cc2c(cc1C1CCCCO1)CN=C2.Cc1cc2c(cc1C1CCCCO1)CN=C2. The molecule has 168 valence electrons. The molecule has 4 heterocycles. The van der Waals surface area contributed by atoms with Gasteiger partial charge in [-0.15, -0.1) is 0 Å². The Labute approximate surface area is 191 Å². The Morgan fingerprint density at radius 2 is 1.12 bits per heavy atom. The highest BCUT2D eigenvalue weighted by Crippen LogP contribution is 2.33.